The molecular weight excluding hydrogens is 342 g/mol. The molecule has 0 aliphatic carbocycles. The molecule has 1 aromatic carbocycles. The van der Waals surface area contributed by atoms with Gasteiger partial charge in [-0.05, 0) is 62.4 Å². The van der Waals surface area contributed by atoms with Gasteiger partial charge in [-0.1, -0.05) is 0 Å². The highest BCUT2D eigenvalue weighted by molar-refractivity contribution is 7.89. The van der Waals surface area contributed by atoms with Crippen molar-refractivity contribution in [3.63, 3.8) is 0 Å². The summed E-state index contributed by atoms with van der Waals surface area (Å²) in [6, 6.07) is 0. The van der Waals surface area contributed by atoms with Gasteiger partial charge in [-0.25, -0.2) is 18.2 Å². The van der Waals surface area contributed by atoms with Gasteiger partial charge in [-0.15, -0.1) is 0 Å². The molecular formula is C16H23N5O3S. The van der Waals surface area contributed by atoms with E-state index in [0.717, 1.165) is 27.8 Å². The molecule has 0 bridgehead atoms. The summed E-state index contributed by atoms with van der Waals surface area (Å²) in [6.07, 6.45) is 1.26. The second-order valence-electron chi connectivity index (χ2n) is 5.98. The van der Waals surface area contributed by atoms with Crippen molar-refractivity contribution in [2.45, 2.75) is 45.9 Å². The molecule has 0 saturated heterocycles. The van der Waals surface area contributed by atoms with Crippen molar-refractivity contribution >= 4 is 21.9 Å². The number of rotatable bonds is 6. The summed E-state index contributed by atoms with van der Waals surface area (Å²) in [4.78, 5) is 15.9. The van der Waals surface area contributed by atoms with Crippen LogP contribution in [0.5, 0.6) is 0 Å². The Hall–Kier alpha value is -2.26. The van der Waals surface area contributed by atoms with Gasteiger partial charge in [-0.3, -0.25) is 10.1 Å². The number of aromatic nitrogens is 3. The molecule has 3 N–H and O–H groups in total. The summed E-state index contributed by atoms with van der Waals surface area (Å²) in [7, 11) is -3.71. The Kier molecular flexibility index (Phi) is 5.58. The van der Waals surface area contributed by atoms with Gasteiger partial charge < -0.3 is 0 Å². The van der Waals surface area contributed by atoms with Crippen molar-refractivity contribution in [1.82, 2.24) is 19.9 Å². The quantitative estimate of drug-likeness (QED) is 0.720. The fourth-order valence-electron chi connectivity index (χ4n) is 2.70. The average Bonchev–Trinajstić information content (AvgIpc) is 3.03. The number of hydrogen-bond acceptors (Lipinski definition) is 5. The number of sulfonamides is 1. The van der Waals surface area contributed by atoms with Crippen LogP contribution in [0, 0.1) is 34.6 Å². The molecule has 0 atom stereocenters. The van der Waals surface area contributed by atoms with Crippen molar-refractivity contribution in [2.75, 3.05) is 11.9 Å². The van der Waals surface area contributed by atoms with Crippen LogP contribution in [0.2, 0.25) is 0 Å². The zero-order valence-electron chi connectivity index (χ0n) is 15.0. The largest absolute Gasteiger partial charge is 0.295 e. The lowest BCUT2D eigenvalue weighted by molar-refractivity contribution is -0.116. The number of anilines is 1. The molecule has 9 heteroatoms. The molecule has 1 amide bonds. The van der Waals surface area contributed by atoms with Crippen molar-refractivity contribution < 1.29 is 13.2 Å². The third kappa shape index (κ3) is 4.05. The maximum atomic E-state index is 12.7. The first-order valence-corrected chi connectivity index (χ1v) is 9.35. The second kappa shape index (κ2) is 7.32. The molecule has 8 nitrogen and oxygen atoms in total. The van der Waals surface area contributed by atoms with Gasteiger partial charge in [0.15, 0.2) is 0 Å². The van der Waals surface area contributed by atoms with E-state index in [2.05, 4.69) is 25.2 Å². The van der Waals surface area contributed by atoms with Crippen LogP contribution in [0.1, 0.15) is 34.2 Å². The summed E-state index contributed by atoms with van der Waals surface area (Å²) in [6.45, 7) is 9.43. The molecule has 0 spiro atoms. The maximum Gasteiger partial charge on any atom is 0.241 e. The Morgan fingerprint density at radius 3 is 2.12 bits per heavy atom. The molecule has 25 heavy (non-hydrogen) atoms. The van der Waals surface area contributed by atoms with Crippen LogP contribution in [0.25, 0.3) is 0 Å². The lowest BCUT2D eigenvalue weighted by Gasteiger charge is -2.19. The summed E-state index contributed by atoms with van der Waals surface area (Å²) in [5, 5.41) is 8.61. The highest BCUT2D eigenvalue weighted by atomic mass is 32.2. The molecule has 2 rings (SSSR count). The monoisotopic (exact) mass is 365 g/mol. The van der Waals surface area contributed by atoms with Gasteiger partial charge in [0.1, 0.15) is 6.33 Å². The Bertz CT molecular complexity index is 860. The highest BCUT2D eigenvalue weighted by Crippen LogP contribution is 2.29. The molecule has 0 unspecified atom stereocenters. The Morgan fingerprint density at radius 1 is 1.04 bits per heavy atom. The average molecular weight is 365 g/mol. The number of carbonyl (C=O) groups excluding carboxylic acids is 1. The van der Waals surface area contributed by atoms with Gasteiger partial charge in [0.05, 0.1) is 4.90 Å². The lowest BCUT2D eigenvalue weighted by Crippen LogP contribution is -2.29. The van der Waals surface area contributed by atoms with Gasteiger partial charge in [-0.2, -0.15) is 10.1 Å². The fraction of sp³-hybridized carbons (Fsp3) is 0.438. The first-order valence-electron chi connectivity index (χ1n) is 7.87. The van der Waals surface area contributed by atoms with E-state index in [9.17, 15) is 13.2 Å². The SMILES string of the molecule is Cc1c(C)c(C)c(S(=O)(=O)NCCC(=O)Nc2ncn[nH]2)c(C)c1C. The smallest absolute Gasteiger partial charge is 0.241 e. The number of H-pyrrole nitrogens is 1. The van der Waals surface area contributed by atoms with E-state index in [-0.39, 0.29) is 24.8 Å². The minimum absolute atomic E-state index is 0.00679. The number of nitrogens with zero attached hydrogens (tertiary/aromatic N) is 2. The molecule has 0 radical (unpaired) electrons. The van der Waals surface area contributed by atoms with Crippen LogP contribution in [0.3, 0.4) is 0 Å². The fourth-order valence-corrected chi connectivity index (χ4v) is 4.33. The summed E-state index contributed by atoms with van der Waals surface area (Å²) in [5.74, 6) is -0.131. The standard InChI is InChI=1S/C16H23N5O3S/c1-9-10(2)12(4)15(13(5)11(9)3)25(23,24)19-7-6-14(22)20-16-17-8-18-21-16/h8,19H,6-7H2,1-5H3,(H2,17,18,20,21,22). The van der Waals surface area contributed by atoms with Crippen LogP contribution < -0.4 is 10.0 Å². The normalized spacial score (nSPS) is 11.6. The predicted octanol–water partition coefficient (Wildman–Crippen LogP) is 1.65. The number of hydrogen-bond donors (Lipinski definition) is 3. The third-order valence-corrected chi connectivity index (χ3v) is 6.25. The zero-order chi connectivity index (χ0) is 18.8. The van der Waals surface area contributed by atoms with Crippen LogP contribution in [-0.2, 0) is 14.8 Å². The topological polar surface area (TPSA) is 117 Å². The minimum atomic E-state index is -3.71. The minimum Gasteiger partial charge on any atom is -0.295 e. The van der Waals surface area contributed by atoms with Gasteiger partial charge in [0.25, 0.3) is 0 Å². The van der Waals surface area contributed by atoms with Crippen LogP contribution in [-0.4, -0.2) is 36.1 Å². The first kappa shape index (κ1) is 19.1. The maximum absolute atomic E-state index is 12.7. The van der Waals surface area contributed by atoms with Crippen molar-refractivity contribution in [3.05, 3.63) is 34.1 Å². The van der Waals surface area contributed by atoms with Crippen molar-refractivity contribution in [2.24, 2.45) is 0 Å². The van der Waals surface area contributed by atoms with Gasteiger partial charge in [0.2, 0.25) is 21.9 Å². The summed E-state index contributed by atoms with van der Waals surface area (Å²) < 4.78 is 27.9. The molecule has 1 aromatic heterocycles. The van der Waals surface area contributed by atoms with Crippen LogP contribution in [0.15, 0.2) is 11.2 Å². The molecule has 0 aliphatic rings. The number of amides is 1. The van der Waals surface area contributed by atoms with E-state index in [1.54, 1.807) is 13.8 Å². The van der Waals surface area contributed by atoms with E-state index in [1.807, 2.05) is 20.8 Å². The van der Waals surface area contributed by atoms with E-state index in [4.69, 9.17) is 0 Å². The number of aromatic amines is 1. The number of nitrogens with one attached hydrogen (secondary N) is 3. The van der Waals surface area contributed by atoms with Crippen LogP contribution in [0.4, 0.5) is 5.95 Å². The van der Waals surface area contributed by atoms with Crippen LogP contribution >= 0.6 is 0 Å². The Labute approximate surface area is 147 Å². The van der Waals surface area contributed by atoms with Crippen molar-refractivity contribution in [3.8, 4) is 0 Å². The second-order valence-corrected chi connectivity index (χ2v) is 7.69. The Morgan fingerprint density at radius 2 is 1.60 bits per heavy atom. The molecule has 0 saturated carbocycles. The lowest BCUT2D eigenvalue weighted by atomic mass is 9.95. The van der Waals surface area contributed by atoms with Gasteiger partial charge in [0, 0.05) is 13.0 Å². The van der Waals surface area contributed by atoms with Crippen molar-refractivity contribution in [1.29, 1.82) is 0 Å². The van der Waals surface area contributed by atoms with E-state index < -0.39 is 10.0 Å². The predicted molar refractivity (Wildman–Crippen MR) is 94.9 cm³/mol. The number of carbonyl (C=O) groups is 1. The molecule has 2 aromatic rings. The highest BCUT2D eigenvalue weighted by Gasteiger charge is 2.23. The zero-order valence-corrected chi connectivity index (χ0v) is 15.8. The number of benzene rings is 1. The summed E-state index contributed by atoms with van der Waals surface area (Å²) >= 11 is 0. The third-order valence-electron chi connectivity index (χ3n) is 4.52. The summed E-state index contributed by atoms with van der Waals surface area (Å²) in [5.41, 5.74) is 4.50. The van der Waals surface area contributed by atoms with E-state index >= 15 is 0 Å². The molecule has 0 aliphatic heterocycles. The molecule has 0 fully saturated rings. The molecule has 136 valence electrons. The van der Waals surface area contributed by atoms with Gasteiger partial charge >= 0.3 is 0 Å². The van der Waals surface area contributed by atoms with E-state index in [0.29, 0.717) is 4.90 Å². The first-order chi connectivity index (χ1) is 11.6. The molecule has 1 heterocycles. The van der Waals surface area contributed by atoms with E-state index in [1.165, 1.54) is 6.33 Å². The Balaban J connectivity index is 2.11.